The van der Waals surface area contributed by atoms with Crippen molar-refractivity contribution in [3.05, 3.63) is 154 Å². The second-order valence-electron chi connectivity index (χ2n) is 26.3. The molecule has 1 saturated heterocycles. The summed E-state index contributed by atoms with van der Waals surface area (Å²) in [7, 11) is -5.25. The van der Waals surface area contributed by atoms with Crippen LogP contribution in [0.3, 0.4) is 0 Å². The molecule has 3 aliphatic carbocycles. The van der Waals surface area contributed by atoms with Crippen molar-refractivity contribution in [1.29, 1.82) is 0 Å². The predicted molar refractivity (Wildman–Crippen MR) is 340 cm³/mol. The van der Waals surface area contributed by atoms with Gasteiger partial charge in [0.15, 0.2) is 40.2 Å². The van der Waals surface area contributed by atoms with Gasteiger partial charge < -0.3 is 59.1 Å². The zero-order valence-corrected chi connectivity index (χ0v) is 55.3. The molecule has 4 aromatic carbocycles. The molecule has 3 fully saturated rings. The summed E-state index contributed by atoms with van der Waals surface area (Å²) in [5.74, 6) is -8.20. The van der Waals surface area contributed by atoms with Gasteiger partial charge in [0.1, 0.15) is 23.9 Å². The normalized spacial score (nSPS) is 25.6. The van der Waals surface area contributed by atoms with Crippen molar-refractivity contribution in [2.75, 3.05) is 18.1 Å². The summed E-state index contributed by atoms with van der Waals surface area (Å²) in [5, 5.41) is 52.5. The van der Waals surface area contributed by atoms with Crippen LogP contribution in [0.25, 0.3) is 10.8 Å². The molecule has 0 unspecified atom stereocenters. The van der Waals surface area contributed by atoms with Crippen LogP contribution in [0.15, 0.2) is 131 Å². The van der Waals surface area contributed by atoms with Gasteiger partial charge in [-0.1, -0.05) is 87.5 Å². The summed E-state index contributed by atoms with van der Waals surface area (Å²) >= 11 is 0. The average Bonchev–Trinajstić information content (AvgIpc) is 0.670. The number of nitrogens with zero attached hydrogens (tertiary/aromatic N) is 2. The number of esters is 4. The highest BCUT2D eigenvalue weighted by Crippen LogP contribution is 2.64. The molecule has 490 valence electrons. The number of rotatable bonds is 22. The van der Waals surface area contributed by atoms with E-state index in [9.17, 15) is 53.7 Å². The Bertz CT molecular complexity index is 3750. The summed E-state index contributed by atoms with van der Waals surface area (Å²) < 4.78 is 39.4. The van der Waals surface area contributed by atoms with E-state index in [1.807, 2.05) is 26.2 Å². The standard InChI is InChI=1S/C67H81N5O18Si2/c1-11-50(75)70-45-27-28-46-44(33-45)36-69-72(61(46)81)31-32-91(7,8)90-92(9,10)38-68-51(76)29-30-52(77)87-56-53-39(2)47(86-63(83)55(78)54(41-21-15-12-16-22-41)71-60(80)42-23-17-13-18-24-42)35-67(84,64(53,4)5)59(88-62(82)43-25-19-14-20-26-43)57-65(6,58(56)79)48(74)34-49-66(57,37-85-49)89-40(3)73/h12-28,33,36,47-49,54-57,59,74,78,84H,11,29-32,34-35,37-38H2,1-10H3,(H,68,76)(H,70,75)(H,71,80)/t47-,48-,49+,54-,55+,56+,57-,59-,65+,66-,67+/m0/s1. The number of nitrogens with one attached hydrogen (secondary N) is 3. The highest BCUT2D eigenvalue weighted by atomic mass is 28.4. The van der Waals surface area contributed by atoms with E-state index >= 15 is 4.79 Å². The fourth-order valence-electron chi connectivity index (χ4n) is 13.7. The smallest absolute Gasteiger partial charge is 0.338 e. The highest BCUT2D eigenvalue weighted by molar-refractivity contribution is 6.85. The minimum absolute atomic E-state index is 0.0172. The largest absolute Gasteiger partial charge is 0.456 e. The second kappa shape index (κ2) is 26.9. The van der Waals surface area contributed by atoms with Crippen molar-refractivity contribution >= 4 is 80.5 Å². The summed E-state index contributed by atoms with van der Waals surface area (Å²) in [6.45, 7) is 16.5. The van der Waals surface area contributed by atoms with Gasteiger partial charge in [-0.2, -0.15) is 5.10 Å². The Labute approximate surface area is 534 Å². The molecule has 1 aliphatic heterocycles. The zero-order chi connectivity index (χ0) is 66.9. The Hall–Kier alpha value is -8.05. The molecule has 23 nitrogen and oxygen atoms in total. The first-order valence-corrected chi connectivity index (χ1v) is 37.1. The number of aliphatic hydroxyl groups excluding tert-OH is 2. The fraction of sp³-hybridized carbons (Fsp3) is 0.463. The number of aromatic nitrogens is 2. The van der Waals surface area contributed by atoms with Crippen molar-refractivity contribution in [3.63, 3.8) is 0 Å². The van der Waals surface area contributed by atoms with Crippen molar-refractivity contribution in [2.24, 2.45) is 16.7 Å². The lowest BCUT2D eigenvalue weighted by atomic mass is 9.44. The first-order chi connectivity index (χ1) is 43.4. The number of aliphatic hydroxyl groups is 3. The molecule has 6 N–H and O–H groups in total. The number of hydrogen-bond donors (Lipinski definition) is 6. The molecular weight excluding hydrogens is 1220 g/mol. The van der Waals surface area contributed by atoms with Gasteiger partial charge in [0.2, 0.25) is 11.8 Å². The van der Waals surface area contributed by atoms with Crippen LogP contribution in [0.2, 0.25) is 32.2 Å². The third-order valence-electron chi connectivity index (χ3n) is 18.6. The van der Waals surface area contributed by atoms with Crippen LogP contribution in [-0.2, 0) is 63.1 Å². The van der Waals surface area contributed by atoms with E-state index in [4.69, 9.17) is 27.8 Å². The Balaban J connectivity index is 1.00. The zero-order valence-electron chi connectivity index (χ0n) is 53.3. The van der Waals surface area contributed by atoms with Crippen molar-refractivity contribution in [2.45, 2.75) is 166 Å². The summed E-state index contributed by atoms with van der Waals surface area (Å²) in [4.78, 5) is 127. The molecule has 25 heteroatoms. The van der Waals surface area contributed by atoms with Crippen LogP contribution in [0.5, 0.6) is 0 Å². The number of benzene rings is 4. The van der Waals surface area contributed by atoms with Crippen LogP contribution in [0.1, 0.15) is 106 Å². The van der Waals surface area contributed by atoms with Gasteiger partial charge in [-0.15, -0.1) is 0 Å². The Kier molecular flexibility index (Phi) is 20.0. The third-order valence-corrected chi connectivity index (χ3v) is 25.5. The van der Waals surface area contributed by atoms with Crippen molar-refractivity contribution in [1.82, 2.24) is 20.4 Å². The van der Waals surface area contributed by atoms with Crippen LogP contribution in [0, 0.1) is 16.7 Å². The molecule has 0 spiro atoms. The summed E-state index contributed by atoms with van der Waals surface area (Å²) in [6, 6.07) is 28.1. The van der Waals surface area contributed by atoms with E-state index in [0.717, 1.165) is 6.92 Å². The topological polar surface area (TPSA) is 324 Å². The van der Waals surface area contributed by atoms with E-state index in [0.29, 0.717) is 34.5 Å². The van der Waals surface area contributed by atoms with Crippen molar-refractivity contribution in [3.8, 4) is 0 Å². The number of aryl methyl sites for hydroxylation is 1. The van der Waals surface area contributed by atoms with Gasteiger partial charge in [0.05, 0.1) is 53.7 Å². The summed E-state index contributed by atoms with van der Waals surface area (Å²) in [6.07, 6.45) is -10.5. The van der Waals surface area contributed by atoms with Gasteiger partial charge in [-0.05, 0) is 105 Å². The summed E-state index contributed by atoms with van der Waals surface area (Å²) in [5.41, 5.74) is -7.72. The van der Waals surface area contributed by atoms with Crippen LogP contribution in [-0.4, -0.2) is 150 Å². The Morgan fingerprint density at radius 2 is 1.47 bits per heavy atom. The fourth-order valence-corrected chi connectivity index (χ4v) is 21.8. The molecule has 2 saturated carbocycles. The second-order valence-corrected chi connectivity index (χ2v) is 35.0. The molecule has 92 heavy (non-hydrogen) atoms. The molecule has 2 bridgehead atoms. The lowest BCUT2D eigenvalue weighted by Gasteiger charge is -2.67. The van der Waals surface area contributed by atoms with Crippen molar-refractivity contribution < 1.29 is 81.5 Å². The number of hydrogen-bond acceptors (Lipinski definition) is 19. The molecule has 0 radical (unpaired) electrons. The minimum Gasteiger partial charge on any atom is -0.456 e. The number of carbonyl (C=O) groups is 8. The molecule has 1 aromatic heterocycles. The number of ketones is 1. The van der Waals surface area contributed by atoms with Crippen LogP contribution < -0.4 is 21.5 Å². The number of carbonyl (C=O) groups excluding carboxylic acids is 8. The van der Waals surface area contributed by atoms with E-state index in [1.54, 1.807) is 110 Å². The van der Waals surface area contributed by atoms with E-state index in [1.165, 1.54) is 44.5 Å². The Morgan fingerprint density at radius 1 is 0.826 bits per heavy atom. The number of fused-ring (bicyclic) bond motifs is 6. The van der Waals surface area contributed by atoms with E-state index < -0.39 is 155 Å². The SMILES string of the molecule is CCC(=O)Nc1ccc2c(=O)n(CC[Si](C)(C)O[Si](C)(C)CNC(=O)CCC(=O)O[C@H]3C(=O)[C@@]4(C)[C@H]([C@H](OC(=O)c5ccccc5)[C@]5(O)C[C@H](OC(=O)[C@H](O)[C@@H](NC(=O)c6ccccc6)c6ccccc6)C(C)=C3C5(C)C)[C@]3(OC(C)=O)CO[C@@H]3C[C@@H]4O)ncc2c1. The molecule has 2 heterocycles. The number of Topliss-reactive ketones (excluding diaryl/α,β-unsaturated/α-hetero) is 1. The molecule has 5 aromatic rings. The first-order valence-electron chi connectivity index (χ1n) is 30.8. The van der Waals surface area contributed by atoms with Gasteiger partial charge in [-0.3, -0.25) is 33.6 Å². The molecule has 11 atom stereocenters. The number of anilines is 1. The lowest BCUT2D eigenvalue weighted by molar-refractivity contribution is -0.346. The van der Waals surface area contributed by atoms with E-state index in [-0.39, 0.29) is 52.9 Å². The van der Waals surface area contributed by atoms with Gasteiger partial charge in [0, 0.05) is 67.4 Å². The maximum Gasteiger partial charge on any atom is 0.338 e. The quantitative estimate of drug-likeness (QED) is 0.0191. The maximum absolute atomic E-state index is 16.3. The monoisotopic (exact) mass is 1300 g/mol. The van der Waals surface area contributed by atoms with Gasteiger partial charge >= 0.3 is 23.9 Å². The highest BCUT2D eigenvalue weighted by Gasteiger charge is 2.78. The number of amides is 3. The predicted octanol–water partition coefficient (Wildman–Crippen LogP) is 6.34. The lowest BCUT2D eigenvalue weighted by Crippen LogP contribution is -2.82. The van der Waals surface area contributed by atoms with Gasteiger partial charge in [-0.25, -0.2) is 14.3 Å². The Morgan fingerprint density at radius 3 is 2.09 bits per heavy atom. The molecule has 4 aliphatic rings. The van der Waals surface area contributed by atoms with Crippen LogP contribution >= 0.6 is 0 Å². The van der Waals surface area contributed by atoms with Gasteiger partial charge in [0.25, 0.3) is 11.5 Å². The number of ether oxygens (including phenoxy) is 5. The third kappa shape index (κ3) is 13.7. The molecule has 3 amide bonds. The van der Waals surface area contributed by atoms with E-state index in [2.05, 4.69) is 21.0 Å². The average molecular weight is 1300 g/mol. The molecule has 9 rings (SSSR count). The van der Waals surface area contributed by atoms with Crippen LogP contribution in [0.4, 0.5) is 5.69 Å². The maximum atomic E-state index is 16.3. The minimum atomic E-state index is -2.70. The first kappa shape index (κ1) is 68.3. The molecular formula is C67H81N5O18Si2.